The van der Waals surface area contributed by atoms with E-state index in [4.69, 9.17) is 20.0 Å². The van der Waals surface area contributed by atoms with Crippen molar-refractivity contribution < 1.29 is 9.47 Å². The van der Waals surface area contributed by atoms with Crippen LogP contribution in [0.5, 0.6) is 11.5 Å². The van der Waals surface area contributed by atoms with Crippen LogP contribution < -0.4 is 9.47 Å². The van der Waals surface area contributed by atoms with Crippen LogP contribution in [0.2, 0.25) is 0 Å². The third kappa shape index (κ3) is 13.5. The zero-order chi connectivity index (χ0) is 27.3. The topological polar surface area (TPSA) is 72.5 Å². The second kappa shape index (κ2) is 20.0. The van der Waals surface area contributed by atoms with E-state index in [1.807, 2.05) is 24.3 Å². The molecule has 3 rings (SSSR count). The first kappa shape index (κ1) is 31.2. The largest absolute Gasteiger partial charge is 0.494 e. The fraction of sp³-hybridized carbons (Fsp3) is 0.562. The summed E-state index contributed by atoms with van der Waals surface area (Å²) in [6.45, 7) is 13.3. The number of likely N-dealkylation sites (tertiary alicyclic amines) is 1. The van der Waals surface area contributed by atoms with E-state index in [0.29, 0.717) is 11.1 Å². The van der Waals surface area contributed by atoms with Crippen molar-refractivity contribution in [1.29, 1.82) is 10.5 Å². The van der Waals surface area contributed by atoms with Gasteiger partial charge in [-0.1, -0.05) is 13.8 Å². The number of ether oxygens (including phenoxy) is 2. The second-order valence-electron chi connectivity index (χ2n) is 9.77. The van der Waals surface area contributed by atoms with Crippen LogP contribution in [0.15, 0.2) is 48.5 Å². The molecule has 2 aromatic carbocycles. The Hall–Kier alpha value is -3.06. The molecule has 1 aliphatic heterocycles. The van der Waals surface area contributed by atoms with Gasteiger partial charge >= 0.3 is 0 Å². The van der Waals surface area contributed by atoms with Crippen LogP contribution in [0.3, 0.4) is 0 Å². The van der Waals surface area contributed by atoms with E-state index in [9.17, 15) is 0 Å². The molecule has 1 fully saturated rings. The van der Waals surface area contributed by atoms with E-state index in [1.165, 1.54) is 71.2 Å². The normalized spacial score (nSPS) is 12.9. The van der Waals surface area contributed by atoms with Gasteiger partial charge in [-0.2, -0.15) is 10.5 Å². The molecule has 0 amide bonds. The summed E-state index contributed by atoms with van der Waals surface area (Å²) >= 11 is 0. The number of nitrogens with zero attached hydrogens (tertiary/aromatic N) is 4. The van der Waals surface area contributed by atoms with Crippen molar-refractivity contribution in [3.63, 3.8) is 0 Å². The quantitative estimate of drug-likeness (QED) is 0.232. The molecule has 0 radical (unpaired) electrons. The van der Waals surface area contributed by atoms with Crippen LogP contribution >= 0.6 is 0 Å². The molecule has 1 aliphatic rings. The van der Waals surface area contributed by atoms with E-state index in [-0.39, 0.29) is 0 Å². The smallest absolute Gasteiger partial charge is 0.119 e. The molecule has 1 saturated heterocycles. The summed E-state index contributed by atoms with van der Waals surface area (Å²) in [5.41, 5.74) is 1.35. The Balaban J connectivity index is 0.000000272. The molecular weight excluding hydrogens is 472 g/mol. The van der Waals surface area contributed by atoms with Gasteiger partial charge in [0.2, 0.25) is 0 Å². The van der Waals surface area contributed by atoms with E-state index in [1.54, 1.807) is 24.3 Å². The number of hydrogen-bond donors (Lipinski definition) is 0. The molecule has 0 atom stereocenters. The lowest BCUT2D eigenvalue weighted by atomic mass is 10.2. The average Bonchev–Trinajstić information content (AvgIpc) is 3.48. The van der Waals surface area contributed by atoms with Gasteiger partial charge in [-0.3, -0.25) is 0 Å². The summed E-state index contributed by atoms with van der Waals surface area (Å²) in [6, 6.07) is 18.8. The van der Waals surface area contributed by atoms with Gasteiger partial charge in [0.15, 0.2) is 0 Å². The lowest BCUT2D eigenvalue weighted by molar-refractivity contribution is 0.259. The molecule has 6 nitrogen and oxygen atoms in total. The van der Waals surface area contributed by atoms with Crippen molar-refractivity contribution in [2.75, 3.05) is 52.5 Å². The summed E-state index contributed by atoms with van der Waals surface area (Å²) < 4.78 is 11.3. The molecule has 0 saturated carbocycles. The fourth-order valence-corrected chi connectivity index (χ4v) is 4.51. The van der Waals surface area contributed by atoms with E-state index in [2.05, 4.69) is 35.8 Å². The van der Waals surface area contributed by atoms with Crippen LogP contribution in [0.1, 0.15) is 76.3 Å². The van der Waals surface area contributed by atoms with Crippen LogP contribution in [0.4, 0.5) is 0 Å². The molecule has 0 spiro atoms. The standard InChI is InChI=1S/C18H28N2O.C14H18N2O/c1-3-12-20(13-4-2)14-6-5-7-15-21-18-10-8-17(16-19)9-11-18;15-12-13-4-6-14(7-5-13)17-11-3-10-16-8-1-2-9-16/h8-11H,3-7,12-15H2,1-2H3;4-7H,1-3,8-11H2. The predicted octanol–water partition coefficient (Wildman–Crippen LogP) is 6.65. The SMILES string of the molecule is CCCN(CCC)CCCCCOc1ccc(C#N)cc1.N#Cc1ccc(OCCCN2CCCC2)cc1. The van der Waals surface area contributed by atoms with Crippen molar-refractivity contribution in [1.82, 2.24) is 9.80 Å². The van der Waals surface area contributed by atoms with Crippen molar-refractivity contribution >= 4 is 0 Å². The molecular formula is C32H46N4O2. The minimum atomic E-state index is 0.675. The Morgan fingerprint density at radius 2 is 1.18 bits per heavy atom. The third-order valence-corrected chi connectivity index (χ3v) is 6.52. The van der Waals surface area contributed by atoms with Crippen molar-refractivity contribution in [3.8, 4) is 23.6 Å². The Kier molecular flexibility index (Phi) is 16.4. The zero-order valence-corrected chi connectivity index (χ0v) is 23.5. The molecule has 0 unspecified atom stereocenters. The number of unbranched alkanes of at least 4 members (excludes halogenated alkanes) is 2. The van der Waals surface area contributed by atoms with Crippen LogP contribution in [0, 0.1) is 22.7 Å². The maximum absolute atomic E-state index is 8.73. The summed E-state index contributed by atoms with van der Waals surface area (Å²) in [4.78, 5) is 5.05. The zero-order valence-electron chi connectivity index (χ0n) is 23.5. The first-order chi connectivity index (χ1) is 18.7. The summed E-state index contributed by atoms with van der Waals surface area (Å²) in [7, 11) is 0. The minimum Gasteiger partial charge on any atom is -0.494 e. The van der Waals surface area contributed by atoms with Crippen LogP contribution in [-0.2, 0) is 0 Å². The number of rotatable bonds is 16. The van der Waals surface area contributed by atoms with E-state index >= 15 is 0 Å². The highest BCUT2D eigenvalue weighted by Crippen LogP contribution is 2.13. The monoisotopic (exact) mass is 518 g/mol. The summed E-state index contributed by atoms with van der Waals surface area (Å²) in [6.07, 6.45) is 9.78. The predicted molar refractivity (Wildman–Crippen MR) is 154 cm³/mol. The van der Waals surface area contributed by atoms with Crippen molar-refractivity contribution in [2.45, 2.75) is 65.2 Å². The molecule has 0 N–H and O–H groups in total. The van der Waals surface area contributed by atoms with E-state index < -0.39 is 0 Å². The van der Waals surface area contributed by atoms with Crippen LogP contribution in [-0.4, -0.2) is 62.3 Å². The number of hydrogen-bond acceptors (Lipinski definition) is 6. The van der Waals surface area contributed by atoms with Gasteiger partial charge in [0, 0.05) is 6.54 Å². The van der Waals surface area contributed by atoms with Gasteiger partial charge in [-0.05, 0) is 133 Å². The Labute approximate surface area is 230 Å². The van der Waals surface area contributed by atoms with Crippen molar-refractivity contribution in [2.24, 2.45) is 0 Å². The Bertz CT molecular complexity index is 935. The molecule has 6 heteroatoms. The first-order valence-corrected chi connectivity index (χ1v) is 14.4. The minimum absolute atomic E-state index is 0.675. The number of nitriles is 2. The van der Waals surface area contributed by atoms with Crippen LogP contribution in [0.25, 0.3) is 0 Å². The molecule has 0 aliphatic carbocycles. The first-order valence-electron chi connectivity index (χ1n) is 14.4. The Morgan fingerprint density at radius 1 is 0.684 bits per heavy atom. The van der Waals surface area contributed by atoms with Gasteiger partial charge in [0.1, 0.15) is 11.5 Å². The van der Waals surface area contributed by atoms with Gasteiger partial charge < -0.3 is 19.3 Å². The molecule has 38 heavy (non-hydrogen) atoms. The lowest BCUT2D eigenvalue weighted by Gasteiger charge is -2.20. The second-order valence-corrected chi connectivity index (χ2v) is 9.77. The molecule has 0 aromatic heterocycles. The highest BCUT2D eigenvalue weighted by molar-refractivity contribution is 5.35. The number of benzene rings is 2. The maximum atomic E-state index is 8.73. The highest BCUT2D eigenvalue weighted by Gasteiger charge is 2.10. The summed E-state index contributed by atoms with van der Waals surface area (Å²) in [5.74, 6) is 1.71. The van der Waals surface area contributed by atoms with Gasteiger partial charge in [0.25, 0.3) is 0 Å². The molecule has 206 valence electrons. The third-order valence-electron chi connectivity index (χ3n) is 6.52. The van der Waals surface area contributed by atoms with Gasteiger partial charge in [-0.15, -0.1) is 0 Å². The Morgan fingerprint density at radius 3 is 1.66 bits per heavy atom. The fourth-order valence-electron chi connectivity index (χ4n) is 4.51. The van der Waals surface area contributed by atoms with Crippen molar-refractivity contribution in [3.05, 3.63) is 59.7 Å². The van der Waals surface area contributed by atoms with Gasteiger partial charge in [0.05, 0.1) is 36.5 Å². The lowest BCUT2D eigenvalue weighted by Crippen LogP contribution is -2.26. The molecule has 0 bridgehead atoms. The van der Waals surface area contributed by atoms with E-state index in [0.717, 1.165) is 44.1 Å². The highest BCUT2D eigenvalue weighted by atomic mass is 16.5. The maximum Gasteiger partial charge on any atom is 0.119 e. The summed E-state index contributed by atoms with van der Waals surface area (Å²) in [5, 5.41) is 17.4. The van der Waals surface area contributed by atoms with Gasteiger partial charge in [-0.25, -0.2) is 0 Å². The molecule has 1 heterocycles. The molecule has 2 aromatic rings. The average molecular weight is 519 g/mol.